The maximum atomic E-state index is 12.4. The second-order valence-electron chi connectivity index (χ2n) is 6.07. The zero-order valence-electron chi connectivity index (χ0n) is 12.1. The van der Waals surface area contributed by atoms with Crippen LogP contribution in [0.15, 0.2) is 6.20 Å². The average Bonchev–Trinajstić information content (AvgIpc) is 2.94. The van der Waals surface area contributed by atoms with Crippen LogP contribution in [-0.2, 0) is 0 Å². The minimum Gasteiger partial charge on any atom is -0.476 e. The molecule has 1 aromatic rings. The normalized spacial score (nSPS) is 26.0. The number of urea groups is 1. The monoisotopic (exact) mass is 293 g/mol. The van der Waals surface area contributed by atoms with Crippen molar-refractivity contribution in [2.24, 2.45) is 5.92 Å². The number of likely N-dealkylation sites (tertiary alicyclic amines) is 2. The number of aromatic carboxylic acids is 1. The summed E-state index contributed by atoms with van der Waals surface area (Å²) in [6.07, 6.45) is 2.46. The number of aromatic nitrogens is 3. The van der Waals surface area contributed by atoms with Crippen LogP contribution in [0, 0.1) is 5.92 Å². The van der Waals surface area contributed by atoms with Gasteiger partial charge in [0.15, 0.2) is 5.69 Å². The summed E-state index contributed by atoms with van der Waals surface area (Å²) in [6, 6.07) is 0.378. The van der Waals surface area contributed by atoms with E-state index in [-0.39, 0.29) is 23.8 Å². The number of carboxylic acids is 1. The highest BCUT2D eigenvalue weighted by atomic mass is 16.4. The van der Waals surface area contributed by atoms with Crippen molar-refractivity contribution < 1.29 is 14.7 Å². The van der Waals surface area contributed by atoms with E-state index >= 15 is 0 Å². The van der Waals surface area contributed by atoms with Gasteiger partial charge < -0.3 is 14.9 Å². The van der Waals surface area contributed by atoms with Crippen molar-refractivity contribution in [2.45, 2.75) is 32.4 Å². The van der Waals surface area contributed by atoms with Gasteiger partial charge >= 0.3 is 12.0 Å². The van der Waals surface area contributed by atoms with Gasteiger partial charge in [-0.1, -0.05) is 12.1 Å². The second-order valence-corrected chi connectivity index (χ2v) is 6.07. The molecule has 2 saturated heterocycles. The molecule has 0 spiro atoms. The Morgan fingerprint density at radius 1 is 1.29 bits per heavy atom. The standard InChI is InChI=1S/C13H19N5O3/c1-8-3-9(2)17(4-8)13(21)16-5-10(6-16)18-7-11(12(19)20)14-15-18/h7-10H,3-6H2,1-2H3,(H,19,20). The van der Waals surface area contributed by atoms with E-state index in [1.807, 2.05) is 4.90 Å². The molecule has 8 heteroatoms. The van der Waals surface area contributed by atoms with Crippen molar-refractivity contribution >= 4 is 12.0 Å². The first-order valence-corrected chi connectivity index (χ1v) is 7.16. The first kappa shape index (κ1) is 13.8. The highest BCUT2D eigenvalue weighted by molar-refractivity contribution is 5.84. The quantitative estimate of drug-likeness (QED) is 0.866. The molecule has 2 unspecified atom stereocenters. The van der Waals surface area contributed by atoms with Crippen molar-refractivity contribution in [3.63, 3.8) is 0 Å². The Bertz CT molecular complexity index is 566. The summed E-state index contributed by atoms with van der Waals surface area (Å²) in [5, 5.41) is 16.2. The minimum atomic E-state index is -1.09. The van der Waals surface area contributed by atoms with Crippen LogP contribution in [0.3, 0.4) is 0 Å². The summed E-state index contributed by atoms with van der Waals surface area (Å²) in [5.41, 5.74) is -0.0678. The van der Waals surface area contributed by atoms with E-state index in [1.54, 1.807) is 4.90 Å². The van der Waals surface area contributed by atoms with Crippen LogP contribution in [0.2, 0.25) is 0 Å². The van der Waals surface area contributed by atoms with Gasteiger partial charge in [0.05, 0.1) is 12.2 Å². The summed E-state index contributed by atoms with van der Waals surface area (Å²) in [7, 11) is 0. The van der Waals surface area contributed by atoms with E-state index in [4.69, 9.17) is 5.11 Å². The maximum absolute atomic E-state index is 12.4. The molecule has 0 aliphatic carbocycles. The maximum Gasteiger partial charge on any atom is 0.358 e. The van der Waals surface area contributed by atoms with Gasteiger partial charge in [0.25, 0.3) is 0 Å². The van der Waals surface area contributed by atoms with Gasteiger partial charge in [0.2, 0.25) is 0 Å². The molecular weight excluding hydrogens is 274 g/mol. The Morgan fingerprint density at radius 2 is 2.00 bits per heavy atom. The SMILES string of the molecule is CC1CC(C)N(C(=O)N2CC(n3cc(C(=O)O)nn3)C2)C1. The zero-order chi connectivity index (χ0) is 15.1. The van der Waals surface area contributed by atoms with Crippen molar-refractivity contribution in [3.8, 4) is 0 Å². The lowest BCUT2D eigenvalue weighted by Crippen LogP contribution is -2.56. The summed E-state index contributed by atoms with van der Waals surface area (Å²) >= 11 is 0. The highest BCUT2D eigenvalue weighted by Gasteiger charge is 2.39. The Morgan fingerprint density at radius 3 is 2.52 bits per heavy atom. The van der Waals surface area contributed by atoms with Gasteiger partial charge in [-0.25, -0.2) is 14.3 Å². The Balaban J connectivity index is 1.57. The van der Waals surface area contributed by atoms with Crippen LogP contribution in [-0.4, -0.2) is 67.6 Å². The van der Waals surface area contributed by atoms with Crippen LogP contribution in [0.1, 0.15) is 36.8 Å². The van der Waals surface area contributed by atoms with Crippen molar-refractivity contribution in [2.75, 3.05) is 19.6 Å². The van der Waals surface area contributed by atoms with Crippen molar-refractivity contribution in [1.82, 2.24) is 24.8 Å². The molecule has 21 heavy (non-hydrogen) atoms. The number of hydrogen-bond acceptors (Lipinski definition) is 4. The molecule has 0 radical (unpaired) electrons. The number of amides is 2. The first-order chi connectivity index (χ1) is 9.95. The van der Waals surface area contributed by atoms with E-state index in [0.717, 1.165) is 13.0 Å². The van der Waals surface area contributed by atoms with Crippen LogP contribution in [0.25, 0.3) is 0 Å². The number of carbonyl (C=O) groups is 2. The molecule has 2 amide bonds. The average molecular weight is 293 g/mol. The van der Waals surface area contributed by atoms with Gasteiger partial charge in [0.1, 0.15) is 0 Å². The molecule has 2 aliphatic heterocycles. The minimum absolute atomic E-state index is 0.0184. The molecule has 114 valence electrons. The van der Waals surface area contributed by atoms with Gasteiger partial charge in [-0.3, -0.25) is 0 Å². The van der Waals surface area contributed by atoms with Gasteiger partial charge in [-0.2, -0.15) is 0 Å². The Kier molecular flexibility index (Phi) is 3.30. The van der Waals surface area contributed by atoms with Crippen LogP contribution >= 0.6 is 0 Å². The molecule has 1 N–H and O–H groups in total. The second kappa shape index (κ2) is 5.01. The fraction of sp³-hybridized carbons (Fsp3) is 0.692. The van der Waals surface area contributed by atoms with E-state index in [9.17, 15) is 9.59 Å². The molecular formula is C13H19N5O3. The lowest BCUT2D eigenvalue weighted by atomic mass is 10.1. The predicted molar refractivity (Wildman–Crippen MR) is 72.9 cm³/mol. The predicted octanol–water partition coefficient (Wildman–Crippen LogP) is 0.683. The lowest BCUT2D eigenvalue weighted by molar-refractivity contribution is 0.0689. The van der Waals surface area contributed by atoms with Crippen molar-refractivity contribution in [1.29, 1.82) is 0 Å². The molecule has 0 saturated carbocycles. The Labute approximate surface area is 122 Å². The number of nitrogens with zero attached hydrogens (tertiary/aromatic N) is 5. The molecule has 2 fully saturated rings. The van der Waals surface area contributed by atoms with Crippen LogP contribution in [0.5, 0.6) is 0 Å². The zero-order valence-corrected chi connectivity index (χ0v) is 12.1. The van der Waals surface area contributed by atoms with Crippen LogP contribution < -0.4 is 0 Å². The van der Waals surface area contributed by atoms with Crippen molar-refractivity contribution in [3.05, 3.63) is 11.9 Å². The summed E-state index contributed by atoms with van der Waals surface area (Å²) in [4.78, 5) is 26.9. The molecule has 8 nitrogen and oxygen atoms in total. The van der Waals surface area contributed by atoms with E-state index < -0.39 is 5.97 Å². The fourth-order valence-corrected chi connectivity index (χ4v) is 3.08. The molecule has 2 atom stereocenters. The smallest absolute Gasteiger partial charge is 0.358 e. The molecule has 2 aliphatic rings. The number of rotatable bonds is 2. The molecule has 1 aromatic heterocycles. The number of carbonyl (C=O) groups excluding carboxylic acids is 1. The summed E-state index contributed by atoms with van der Waals surface area (Å²) in [6.45, 7) is 6.16. The largest absolute Gasteiger partial charge is 0.476 e. The third-order valence-corrected chi connectivity index (χ3v) is 4.27. The molecule has 0 aromatic carbocycles. The van der Waals surface area contributed by atoms with Gasteiger partial charge in [-0.15, -0.1) is 5.10 Å². The van der Waals surface area contributed by atoms with E-state index in [2.05, 4.69) is 24.2 Å². The summed E-state index contributed by atoms with van der Waals surface area (Å²) in [5.74, 6) is -0.539. The molecule has 3 heterocycles. The van der Waals surface area contributed by atoms with Gasteiger partial charge in [-0.05, 0) is 19.3 Å². The molecule has 3 rings (SSSR count). The van der Waals surface area contributed by atoms with E-state index in [1.165, 1.54) is 10.9 Å². The lowest BCUT2D eigenvalue weighted by Gasteiger charge is -2.41. The van der Waals surface area contributed by atoms with E-state index in [0.29, 0.717) is 19.0 Å². The highest BCUT2D eigenvalue weighted by Crippen LogP contribution is 2.27. The molecule has 0 bridgehead atoms. The Hall–Kier alpha value is -2.12. The number of carboxylic acid groups (broad SMARTS) is 1. The van der Waals surface area contributed by atoms with Crippen LogP contribution in [0.4, 0.5) is 4.79 Å². The third-order valence-electron chi connectivity index (χ3n) is 4.27. The number of hydrogen-bond donors (Lipinski definition) is 1. The topological polar surface area (TPSA) is 91.6 Å². The third kappa shape index (κ3) is 2.45. The fourth-order valence-electron chi connectivity index (χ4n) is 3.08. The van der Waals surface area contributed by atoms with Gasteiger partial charge in [0, 0.05) is 25.7 Å². The summed E-state index contributed by atoms with van der Waals surface area (Å²) < 4.78 is 1.53. The first-order valence-electron chi connectivity index (χ1n) is 7.16.